The minimum absolute atomic E-state index is 0.0225. The number of rotatable bonds is 0. The molecule has 0 aromatic rings. The maximum absolute atomic E-state index is 14.8. The molecule has 1 N–H and O–H groups in total. The number of carbonyl (C=O) groups is 4. The number of ether oxygens (including phenoxy) is 5. The van der Waals surface area contributed by atoms with Crippen LogP contribution < -0.4 is 0 Å². The van der Waals surface area contributed by atoms with Gasteiger partial charge in [0.05, 0.1) is 35.6 Å². The Labute approximate surface area is 226 Å². The number of ketones is 2. The van der Waals surface area contributed by atoms with Gasteiger partial charge < -0.3 is 28.8 Å². The molecule has 3 spiro atoms. The van der Waals surface area contributed by atoms with Crippen molar-refractivity contribution in [3.05, 3.63) is 0 Å². The van der Waals surface area contributed by atoms with Gasteiger partial charge in [-0.1, -0.05) is 13.8 Å². The van der Waals surface area contributed by atoms with E-state index in [1.54, 1.807) is 6.92 Å². The molecule has 2 saturated carbocycles. The Bertz CT molecular complexity index is 1240. The molecule has 6 heterocycles. The van der Waals surface area contributed by atoms with Crippen molar-refractivity contribution in [2.75, 3.05) is 0 Å². The highest BCUT2D eigenvalue weighted by Gasteiger charge is 2.83. The minimum Gasteiger partial charge on any atom is -0.459 e. The molecular formula is C29H36O10. The van der Waals surface area contributed by atoms with Gasteiger partial charge in [-0.15, -0.1) is 0 Å². The summed E-state index contributed by atoms with van der Waals surface area (Å²) in [6.07, 6.45) is -1.75. The van der Waals surface area contributed by atoms with Crippen LogP contribution in [0.4, 0.5) is 0 Å². The summed E-state index contributed by atoms with van der Waals surface area (Å²) >= 11 is 0. The molecule has 212 valence electrons. The van der Waals surface area contributed by atoms with E-state index in [0.29, 0.717) is 12.8 Å². The third-order valence-electron chi connectivity index (χ3n) is 12.3. The number of aliphatic hydroxyl groups excluding tert-OH is 1. The molecule has 0 aromatic carbocycles. The van der Waals surface area contributed by atoms with E-state index in [9.17, 15) is 24.3 Å². The molecule has 8 fully saturated rings. The zero-order chi connectivity index (χ0) is 27.7. The molecule has 6 saturated heterocycles. The third-order valence-corrected chi connectivity index (χ3v) is 12.3. The zero-order valence-corrected chi connectivity index (χ0v) is 22.9. The summed E-state index contributed by atoms with van der Waals surface area (Å²) < 4.78 is 32.0. The number of aliphatic hydroxyl groups is 1. The molecule has 39 heavy (non-hydrogen) atoms. The second-order valence-corrected chi connectivity index (χ2v) is 14.4. The Balaban J connectivity index is 1.32. The first-order chi connectivity index (χ1) is 18.2. The lowest BCUT2D eigenvalue weighted by Gasteiger charge is -2.50. The van der Waals surface area contributed by atoms with Gasteiger partial charge in [-0.3, -0.25) is 19.2 Å². The highest BCUT2D eigenvalue weighted by atomic mass is 16.7. The average Bonchev–Trinajstić information content (AvgIpc) is 3.45. The molecule has 0 unspecified atom stereocenters. The van der Waals surface area contributed by atoms with E-state index in [4.69, 9.17) is 23.7 Å². The van der Waals surface area contributed by atoms with Crippen LogP contribution >= 0.6 is 0 Å². The smallest absolute Gasteiger partial charge is 0.311 e. The summed E-state index contributed by atoms with van der Waals surface area (Å²) in [5.41, 5.74) is -3.91. The molecule has 10 nitrogen and oxygen atoms in total. The van der Waals surface area contributed by atoms with Crippen LogP contribution in [0.3, 0.4) is 0 Å². The summed E-state index contributed by atoms with van der Waals surface area (Å²) in [6.45, 7) is 9.33. The zero-order valence-electron chi connectivity index (χ0n) is 22.9. The normalized spacial score (nSPS) is 59.9. The van der Waals surface area contributed by atoms with Crippen LogP contribution in [0.25, 0.3) is 0 Å². The van der Waals surface area contributed by atoms with Gasteiger partial charge in [0.2, 0.25) is 11.6 Å². The van der Waals surface area contributed by atoms with Crippen LogP contribution in [0.1, 0.15) is 66.7 Å². The van der Waals surface area contributed by atoms with Gasteiger partial charge >= 0.3 is 11.9 Å². The topological polar surface area (TPSA) is 135 Å². The first kappa shape index (κ1) is 24.9. The van der Waals surface area contributed by atoms with E-state index < -0.39 is 88.0 Å². The lowest BCUT2D eigenvalue weighted by atomic mass is 9.60. The molecule has 0 aromatic heterocycles. The Morgan fingerprint density at radius 1 is 0.923 bits per heavy atom. The molecule has 8 aliphatic rings. The molecular weight excluding hydrogens is 508 g/mol. The van der Waals surface area contributed by atoms with Crippen molar-refractivity contribution in [3.8, 4) is 0 Å². The fourth-order valence-electron chi connectivity index (χ4n) is 10.8. The number of carbonyl (C=O) groups excluding carboxylic acids is 4. The van der Waals surface area contributed by atoms with Crippen molar-refractivity contribution in [1.82, 2.24) is 0 Å². The monoisotopic (exact) mass is 544 g/mol. The van der Waals surface area contributed by atoms with Gasteiger partial charge in [0.1, 0.15) is 29.7 Å². The predicted octanol–water partition coefficient (Wildman–Crippen LogP) is 1.48. The maximum Gasteiger partial charge on any atom is 0.311 e. The minimum atomic E-state index is -1.80. The molecule has 14 atom stereocenters. The van der Waals surface area contributed by atoms with Crippen molar-refractivity contribution in [3.63, 3.8) is 0 Å². The fourth-order valence-corrected chi connectivity index (χ4v) is 10.8. The second-order valence-electron chi connectivity index (χ2n) is 14.4. The first-order valence-corrected chi connectivity index (χ1v) is 14.5. The highest BCUT2D eigenvalue weighted by Crippen LogP contribution is 2.71. The van der Waals surface area contributed by atoms with E-state index in [0.717, 1.165) is 0 Å². The van der Waals surface area contributed by atoms with Crippen LogP contribution in [0, 0.1) is 40.9 Å². The Morgan fingerprint density at radius 2 is 1.67 bits per heavy atom. The first-order valence-electron chi connectivity index (χ1n) is 14.5. The Hall–Kier alpha value is -1.88. The maximum atomic E-state index is 14.8. The second kappa shape index (κ2) is 6.94. The summed E-state index contributed by atoms with van der Waals surface area (Å²) in [5, 5.41) is 11.8. The summed E-state index contributed by atoms with van der Waals surface area (Å²) in [7, 11) is 0. The quantitative estimate of drug-likeness (QED) is 0.447. The lowest BCUT2D eigenvalue weighted by Crippen LogP contribution is -2.64. The van der Waals surface area contributed by atoms with E-state index >= 15 is 0 Å². The molecule has 8 rings (SSSR count). The van der Waals surface area contributed by atoms with E-state index in [1.165, 1.54) is 0 Å². The number of Topliss-reactive ketones (excluding diaryl/α,β-unsaturated/α-hetero) is 2. The standard InChI is InChI=1S/C29H36O10/c1-11-17-20-19(12(2)24(34)35-20)38-29-21(17)26(5,22(11)32)6-7-27(39-29)10-28-14(8-13(30)18(27)23(29)33)25(3,4)36-15(28)9-16(31)37-28/h11-15,17-21,30H,6-10H2,1-5H3/t11-,12-,13+,14-,15+,17+,18-,19+,20+,21-,26-,27-,28+,29-/m0/s1. The molecule has 6 aliphatic heterocycles. The summed E-state index contributed by atoms with van der Waals surface area (Å²) in [5.74, 6) is -6.35. The van der Waals surface area contributed by atoms with Gasteiger partial charge in [-0.25, -0.2) is 0 Å². The van der Waals surface area contributed by atoms with E-state index in [1.807, 2.05) is 27.7 Å². The van der Waals surface area contributed by atoms with Crippen LogP contribution in [0.2, 0.25) is 0 Å². The molecule has 2 bridgehead atoms. The molecule has 2 aliphatic carbocycles. The number of hydrogen-bond acceptors (Lipinski definition) is 10. The van der Waals surface area contributed by atoms with Gasteiger partial charge in [-0.05, 0) is 40.0 Å². The SMILES string of the molecule is C[C@@H]1C(=O)O[C@H]2[C@@H]1O[C@]13O[C@@]4(CC[C@]5(C)C(=O)[C@@H](C)[C@H]2[C@H]15)C[C@]12OC(=O)C[C@H]1OC(C)(C)[C@@H]2C[C@@H](O)[C@H]4C3=O. The van der Waals surface area contributed by atoms with Crippen molar-refractivity contribution >= 4 is 23.5 Å². The summed E-state index contributed by atoms with van der Waals surface area (Å²) in [6, 6.07) is 0. The molecule has 0 amide bonds. The fraction of sp³-hybridized carbons (Fsp3) is 0.862. The molecule has 10 heteroatoms. The predicted molar refractivity (Wildman–Crippen MR) is 129 cm³/mol. The number of esters is 2. The van der Waals surface area contributed by atoms with Gasteiger partial charge in [0, 0.05) is 35.5 Å². The average molecular weight is 545 g/mol. The van der Waals surface area contributed by atoms with Gasteiger partial charge in [-0.2, -0.15) is 0 Å². The lowest BCUT2D eigenvalue weighted by molar-refractivity contribution is -0.331. The van der Waals surface area contributed by atoms with Crippen molar-refractivity contribution in [2.24, 2.45) is 40.9 Å². The summed E-state index contributed by atoms with van der Waals surface area (Å²) in [4.78, 5) is 54.1. The number of hydrogen-bond donors (Lipinski definition) is 1. The largest absolute Gasteiger partial charge is 0.459 e. The van der Waals surface area contributed by atoms with Crippen LogP contribution in [0.5, 0.6) is 0 Å². The van der Waals surface area contributed by atoms with E-state index in [-0.39, 0.29) is 42.7 Å². The van der Waals surface area contributed by atoms with Crippen molar-refractivity contribution in [1.29, 1.82) is 0 Å². The van der Waals surface area contributed by atoms with Gasteiger partial charge in [0.25, 0.3) is 0 Å². The van der Waals surface area contributed by atoms with Gasteiger partial charge in [0.15, 0.2) is 0 Å². The van der Waals surface area contributed by atoms with E-state index in [2.05, 4.69) is 0 Å². The van der Waals surface area contributed by atoms with Crippen LogP contribution in [-0.2, 0) is 42.9 Å². The molecule has 0 radical (unpaired) electrons. The third kappa shape index (κ3) is 2.56. The van der Waals surface area contributed by atoms with Crippen molar-refractivity contribution in [2.45, 2.75) is 114 Å². The highest BCUT2D eigenvalue weighted by molar-refractivity contribution is 5.97. The number of fused-ring (bicyclic) bond motifs is 2. The van der Waals surface area contributed by atoms with Crippen molar-refractivity contribution < 1.29 is 48.0 Å². The Kier molecular flexibility index (Phi) is 4.43. The van der Waals surface area contributed by atoms with Crippen LogP contribution in [0.15, 0.2) is 0 Å². The Morgan fingerprint density at radius 3 is 2.41 bits per heavy atom. The van der Waals surface area contributed by atoms with Crippen LogP contribution in [-0.4, -0.2) is 75.6 Å².